The second kappa shape index (κ2) is 4.19. The van der Waals surface area contributed by atoms with Gasteiger partial charge in [0.25, 0.3) is 5.91 Å². The summed E-state index contributed by atoms with van der Waals surface area (Å²) in [6, 6.07) is 1.30. The zero-order valence-electron chi connectivity index (χ0n) is 8.82. The summed E-state index contributed by atoms with van der Waals surface area (Å²) in [5.41, 5.74) is 0.686. The highest BCUT2D eigenvalue weighted by Gasteiger charge is 2.36. The van der Waals surface area contributed by atoms with Crippen LogP contribution in [0.3, 0.4) is 0 Å². The Morgan fingerprint density at radius 1 is 1.69 bits per heavy atom. The number of halogens is 2. The molecule has 0 aromatic carbocycles. The fourth-order valence-corrected chi connectivity index (χ4v) is 1.99. The highest BCUT2D eigenvalue weighted by atomic mass is 19.3. The topological polar surface area (TPSA) is 46.3 Å². The Morgan fingerprint density at radius 2 is 2.44 bits per heavy atom. The van der Waals surface area contributed by atoms with Gasteiger partial charge in [0.05, 0.1) is 11.7 Å². The molecule has 1 aliphatic heterocycles. The van der Waals surface area contributed by atoms with E-state index in [4.69, 9.17) is 4.52 Å². The maximum absolute atomic E-state index is 12.3. The maximum Gasteiger partial charge on any atom is 0.315 e. The van der Waals surface area contributed by atoms with Crippen molar-refractivity contribution in [2.45, 2.75) is 32.2 Å². The lowest BCUT2D eigenvalue weighted by molar-refractivity contribution is -0.144. The van der Waals surface area contributed by atoms with Gasteiger partial charge in [-0.1, -0.05) is 5.16 Å². The fourth-order valence-electron chi connectivity index (χ4n) is 1.99. The zero-order chi connectivity index (χ0) is 11.7. The van der Waals surface area contributed by atoms with Crippen LogP contribution in [0.5, 0.6) is 0 Å². The first-order valence-corrected chi connectivity index (χ1v) is 5.11. The standard InChI is InChI=1S/C10H12F2N2O2/c1-6-5-8(16-13-6)7-3-2-4-14(7)10(15)9(11)12/h5,7,9H,2-4H2,1H3. The van der Waals surface area contributed by atoms with E-state index in [0.717, 1.165) is 0 Å². The third kappa shape index (κ3) is 1.91. The SMILES string of the molecule is Cc1cc(C2CCCN2C(=O)C(F)F)on1. The molecule has 0 saturated carbocycles. The number of amides is 1. The van der Waals surface area contributed by atoms with Gasteiger partial charge in [0.15, 0.2) is 5.76 Å². The van der Waals surface area contributed by atoms with Crippen LogP contribution in [-0.4, -0.2) is 28.9 Å². The number of hydrogen-bond acceptors (Lipinski definition) is 3. The van der Waals surface area contributed by atoms with Crippen LogP contribution in [0.1, 0.15) is 30.3 Å². The minimum absolute atomic E-state index is 0.355. The number of aryl methyl sites for hydroxylation is 1. The third-order valence-electron chi connectivity index (χ3n) is 2.70. The van der Waals surface area contributed by atoms with E-state index in [1.165, 1.54) is 4.90 Å². The molecule has 0 bridgehead atoms. The molecule has 1 aromatic rings. The van der Waals surface area contributed by atoms with E-state index in [1.54, 1.807) is 13.0 Å². The van der Waals surface area contributed by atoms with Crippen LogP contribution < -0.4 is 0 Å². The molecule has 1 atom stereocenters. The van der Waals surface area contributed by atoms with Crippen molar-refractivity contribution in [2.75, 3.05) is 6.54 Å². The van der Waals surface area contributed by atoms with Gasteiger partial charge in [-0.25, -0.2) is 0 Å². The molecule has 1 aromatic heterocycles. The third-order valence-corrected chi connectivity index (χ3v) is 2.70. The first kappa shape index (κ1) is 11.0. The molecule has 0 N–H and O–H groups in total. The number of aromatic nitrogens is 1. The van der Waals surface area contributed by atoms with Crippen LogP contribution in [0.2, 0.25) is 0 Å². The predicted molar refractivity (Wildman–Crippen MR) is 50.9 cm³/mol. The Bertz CT molecular complexity index is 392. The monoisotopic (exact) mass is 230 g/mol. The van der Waals surface area contributed by atoms with Crippen molar-refractivity contribution in [3.63, 3.8) is 0 Å². The number of carbonyl (C=O) groups is 1. The van der Waals surface area contributed by atoms with E-state index in [0.29, 0.717) is 30.8 Å². The first-order chi connectivity index (χ1) is 7.59. The van der Waals surface area contributed by atoms with Gasteiger partial charge in [-0.05, 0) is 19.8 Å². The smallest absolute Gasteiger partial charge is 0.315 e. The molecule has 0 spiro atoms. The Morgan fingerprint density at radius 3 is 3.00 bits per heavy atom. The summed E-state index contributed by atoms with van der Waals surface area (Å²) in [6.45, 7) is 2.11. The number of carbonyl (C=O) groups excluding carboxylic acids is 1. The Balaban J connectivity index is 2.18. The van der Waals surface area contributed by atoms with E-state index in [1.807, 2.05) is 0 Å². The lowest BCUT2D eigenvalue weighted by atomic mass is 10.1. The zero-order valence-corrected chi connectivity index (χ0v) is 8.82. The van der Waals surface area contributed by atoms with Crippen molar-refractivity contribution >= 4 is 5.91 Å². The van der Waals surface area contributed by atoms with Crippen LogP contribution in [-0.2, 0) is 4.79 Å². The van der Waals surface area contributed by atoms with Crippen molar-refractivity contribution < 1.29 is 18.1 Å². The van der Waals surface area contributed by atoms with Crippen molar-refractivity contribution in [3.8, 4) is 0 Å². The lowest BCUT2D eigenvalue weighted by Gasteiger charge is -2.21. The van der Waals surface area contributed by atoms with Gasteiger partial charge in [0, 0.05) is 12.6 Å². The summed E-state index contributed by atoms with van der Waals surface area (Å²) in [6.07, 6.45) is -1.60. The Hall–Kier alpha value is -1.46. The minimum Gasteiger partial charge on any atom is -0.359 e. The average Bonchev–Trinajstić information content (AvgIpc) is 2.83. The van der Waals surface area contributed by atoms with E-state index < -0.39 is 12.3 Å². The second-order valence-electron chi connectivity index (χ2n) is 3.86. The van der Waals surface area contributed by atoms with Gasteiger partial charge < -0.3 is 9.42 Å². The molecular weight excluding hydrogens is 218 g/mol. The molecule has 16 heavy (non-hydrogen) atoms. The van der Waals surface area contributed by atoms with Crippen molar-refractivity contribution in [1.82, 2.24) is 10.1 Å². The average molecular weight is 230 g/mol. The summed E-state index contributed by atoms with van der Waals surface area (Å²) in [4.78, 5) is 12.4. The van der Waals surface area contributed by atoms with Crippen molar-refractivity contribution in [3.05, 3.63) is 17.5 Å². The molecule has 1 saturated heterocycles. The summed E-state index contributed by atoms with van der Waals surface area (Å²) < 4.78 is 29.7. The van der Waals surface area contributed by atoms with E-state index >= 15 is 0 Å². The molecular formula is C10H12F2N2O2. The summed E-state index contributed by atoms with van der Waals surface area (Å²) >= 11 is 0. The lowest BCUT2D eigenvalue weighted by Crippen LogP contribution is -2.34. The van der Waals surface area contributed by atoms with Crippen LogP contribution in [0.15, 0.2) is 10.6 Å². The number of nitrogens with zero attached hydrogens (tertiary/aromatic N) is 2. The fraction of sp³-hybridized carbons (Fsp3) is 0.600. The van der Waals surface area contributed by atoms with E-state index in [-0.39, 0.29) is 6.04 Å². The molecule has 1 unspecified atom stereocenters. The summed E-state index contributed by atoms with van der Waals surface area (Å²) in [5, 5.41) is 3.70. The molecule has 1 amide bonds. The normalized spacial score (nSPS) is 20.8. The van der Waals surface area contributed by atoms with Gasteiger partial charge in [0.1, 0.15) is 0 Å². The van der Waals surface area contributed by atoms with Crippen LogP contribution >= 0.6 is 0 Å². The van der Waals surface area contributed by atoms with Crippen molar-refractivity contribution in [2.24, 2.45) is 0 Å². The van der Waals surface area contributed by atoms with Gasteiger partial charge in [-0.15, -0.1) is 0 Å². The first-order valence-electron chi connectivity index (χ1n) is 5.11. The van der Waals surface area contributed by atoms with Gasteiger partial charge in [-0.2, -0.15) is 8.78 Å². The van der Waals surface area contributed by atoms with E-state index in [2.05, 4.69) is 5.16 Å². The molecule has 88 valence electrons. The number of alkyl halides is 2. The Kier molecular flexibility index (Phi) is 2.89. The van der Waals surface area contributed by atoms with E-state index in [9.17, 15) is 13.6 Å². The molecule has 2 rings (SSSR count). The Labute approximate surface area is 91.2 Å². The minimum atomic E-state index is -2.95. The van der Waals surface area contributed by atoms with Crippen LogP contribution in [0, 0.1) is 6.92 Å². The van der Waals surface area contributed by atoms with Gasteiger partial charge in [-0.3, -0.25) is 4.79 Å². The predicted octanol–water partition coefficient (Wildman–Crippen LogP) is 1.91. The highest BCUT2D eigenvalue weighted by Crippen LogP contribution is 2.32. The molecule has 1 fully saturated rings. The molecule has 4 nitrogen and oxygen atoms in total. The van der Waals surface area contributed by atoms with Crippen molar-refractivity contribution in [1.29, 1.82) is 0 Å². The van der Waals surface area contributed by atoms with Crippen LogP contribution in [0.4, 0.5) is 8.78 Å². The number of hydrogen-bond donors (Lipinski definition) is 0. The largest absolute Gasteiger partial charge is 0.359 e. The number of likely N-dealkylation sites (tertiary alicyclic amines) is 1. The maximum atomic E-state index is 12.3. The highest BCUT2D eigenvalue weighted by molar-refractivity contribution is 5.80. The van der Waals surface area contributed by atoms with Gasteiger partial charge >= 0.3 is 6.43 Å². The molecule has 6 heteroatoms. The summed E-state index contributed by atoms with van der Waals surface area (Å²) in [5.74, 6) is -0.638. The quantitative estimate of drug-likeness (QED) is 0.779. The second-order valence-corrected chi connectivity index (χ2v) is 3.86. The van der Waals surface area contributed by atoms with Crippen LogP contribution in [0.25, 0.3) is 0 Å². The molecule has 2 heterocycles. The van der Waals surface area contributed by atoms with Gasteiger partial charge in [0.2, 0.25) is 0 Å². The molecule has 0 radical (unpaired) electrons. The summed E-state index contributed by atoms with van der Waals surface area (Å²) in [7, 11) is 0. The number of rotatable bonds is 2. The molecule has 1 aliphatic rings. The molecule has 0 aliphatic carbocycles.